The van der Waals surface area contributed by atoms with Crippen LogP contribution in [0.2, 0.25) is 0 Å². The van der Waals surface area contributed by atoms with Crippen LogP contribution in [-0.4, -0.2) is 25.8 Å². The standard InChI is InChI=1S/C3H7O.C2H7N/c1-2-3-4;1-3-2/h4H,1-3H2;3H,1-2H3. The third-order valence-corrected chi connectivity index (χ3v) is 0.158. The van der Waals surface area contributed by atoms with E-state index >= 15 is 0 Å². The summed E-state index contributed by atoms with van der Waals surface area (Å²) in [6.45, 7) is 3.56. The zero-order chi connectivity index (χ0) is 6.12. The van der Waals surface area contributed by atoms with Crippen LogP contribution in [0.3, 0.4) is 0 Å². The smallest absolute Gasteiger partial charge is 0.0431 e. The normalized spacial score (nSPS) is 6.86. The van der Waals surface area contributed by atoms with Crippen molar-refractivity contribution in [3.63, 3.8) is 0 Å². The summed E-state index contributed by atoms with van der Waals surface area (Å²) in [5.41, 5.74) is 0. The lowest BCUT2D eigenvalue weighted by molar-refractivity contribution is 0.302. The number of nitrogens with one attached hydrogen (secondary N) is 1. The highest BCUT2D eigenvalue weighted by atomic mass is 16.2. The third-order valence-electron chi connectivity index (χ3n) is 0.158. The molecule has 0 saturated carbocycles. The molecule has 0 atom stereocenters. The number of aliphatic hydroxyl groups excluding tert-OH is 1. The summed E-state index contributed by atoms with van der Waals surface area (Å²) in [5, 5.41) is 10.6. The van der Waals surface area contributed by atoms with E-state index in [0.29, 0.717) is 6.42 Å². The van der Waals surface area contributed by atoms with Crippen LogP contribution >= 0.6 is 0 Å². The Kier molecular flexibility index (Phi) is 24.1. The molecular formula is C5H14NO. The minimum Gasteiger partial charge on any atom is -0.396 e. The van der Waals surface area contributed by atoms with E-state index in [-0.39, 0.29) is 6.61 Å². The highest BCUT2D eigenvalue weighted by Gasteiger charge is 1.57. The van der Waals surface area contributed by atoms with Gasteiger partial charge in [-0.25, -0.2) is 0 Å². The Morgan fingerprint density at radius 1 is 1.57 bits per heavy atom. The zero-order valence-corrected chi connectivity index (χ0v) is 5.07. The lowest BCUT2D eigenvalue weighted by Gasteiger charge is -1.69. The Labute approximate surface area is 45.5 Å². The number of hydrogen-bond donors (Lipinski definition) is 2. The molecule has 0 amide bonds. The second-order valence-corrected chi connectivity index (χ2v) is 1.08. The molecule has 0 fully saturated rings. The molecule has 0 rings (SSSR count). The fourth-order valence-electron chi connectivity index (χ4n) is 0. The molecule has 0 aromatic heterocycles. The first-order chi connectivity index (χ1) is 3.33. The van der Waals surface area contributed by atoms with Gasteiger partial charge in [0.15, 0.2) is 0 Å². The second-order valence-electron chi connectivity index (χ2n) is 1.08. The molecule has 0 aliphatic rings. The van der Waals surface area contributed by atoms with Crippen LogP contribution in [0.4, 0.5) is 0 Å². The number of aliphatic hydroxyl groups is 1. The molecule has 2 N–H and O–H groups in total. The SMILES string of the molecule is CNC.[CH2]CCO. The van der Waals surface area contributed by atoms with Gasteiger partial charge in [-0.2, -0.15) is 0 Å². The van der Waals surface area contributed by atoms with Gasteiger partial charge in [0, 0.05) is 6.61 Å². The molecule has 0 unspecified atom stereocenters. The summed E-state index contributed by atoms with van der Waals surface area (Å²) >= 11 is 0. The first-order valence-electron chi connectivity index (χ1n) is 2.32. The van der Waals surface area contributed by atoms with Crippen LogP contribution in [0.25, 0.3) is 0 Å². The Morgan fingerprint density at radius 3 is 1.71 bits per heavy atom. The maximum Gasteiger partial charge on any atom is 0.0431 e. The molecule has 2 heteroatoms. The van der Waals surface area contributed by atoms with Crippen molar-refractivity contribution >= 4 is 0 Å². The van der Waals surface area contributed by atoms with Gasteiger partial charge >= 0.3 is 0 Å². The van der Waals surface area contributed by atoms with Gasteiger partial charge in [-0.05, 0) is 20.5 Å². The molecule has 0 bridgehead atoms. The van der Waals surface area contributed by atoms with Crippen LogP contribution in [0, 0.1) is 6.92 Å². The molecule has 0 saturated heterocycles. The first-order valence-corrected chi connectivity index (χ1v) is 2.32. The van der Waals surface area contributed by atoms with Crippen molar-refractivity contribution in [2.24, 2.45) is 0 Å². The summed E-state index contributed by atoms with van der Waals surface area (Å²) in [6.07, 6.45) is 0.625. The van der Waals surface area contributed by atoms with Gasteiger partial charge in [0.05, 0.1) is 0 Å². The molecular weight excluding hydrogens is 90.1 g/mol. The maximum atomic E-state index is 7.81. The molecule has 0 aliphatic heterocycles. The predicted octanol–water partition coefficient (Wildman–Crippen LogP) is 0.0385. The van der Waals surface area contributed by atoms with E-state index in [9.17, 15) is 0 Å². The van der Waals surface area contributed by atoms with Gasteiger partial charge in [0.25, 0.3) is 0 Å². The van der Waals surface area contributed by atoms with Gasteiger partial charge in [0.2, 0.25) is 0 Å². The van der Waals surface area contributed by atoms with Crippen molar-refractivity contribution in [1.82, 2.24) is 5.32 Å². The Balaban J connectivity index is 0. The average Bonchev–Trinajstić information content (AvgIpc) is 1.69. The lowest BCUT2D eigenvalue weighted by atomic mass is 10.5. The number of rotatable bonds is 1. The van der Waals surface area contributed by atoms with Crippen LogP contribution < -0.4 is 5.32 Å². The summed E-state index contributed by atoms with van der Waals surface area (Å²) in [5.74, 6) is 0. The summed E-state index contributed by atoms with van der Waals surface area (Å²) in [4.78, 5) is 0. The van der Waals surface area contributed by atoms with Crippen LogP contribution in [0.1, 0.15) is 6.42 Å². The minimum atomic E-state index is 0.208. The van der Waals surface area contributed by atoms with E-state index in [2.05, 4.69) is 12.2 Å². The van der Waals surface area contributed by atoms with Crippen LogP contribution in [-0.2, 0) is 0 Å². The molecule has 45 valence electrons. The topological polar surface area (TPSA) is 32.3 Å². The summed E-state index contributed by atoms with van der Waals surface area (Å²) in [6, 6.07) is 0. The van der Waals surface area contributed by atoms with Crippen molar-refractivity contribution in [3.8, 4) is 0 Å². The van der Waals surface area contributed by atoms with Crippen molar-refractivity contribution in [2.45, 2.75) is 6.42 Å². The average molecular weight is 104 g/mol. The molecule has 2 nitrogen and oxygen atoms in total. The first kappa shape index (κ1) is 10.0. The quantitative estimate of drug-likeness (QED) is 0.492. The Bertz CT molecular complexity index is 15.6. The van der Waals surface area contributed by atoms with Crippen LogP contribution in [0.5, 0.6) is 0 Å². The van der Waals surface area contributed by atoms with Gasteiger partial charge in [0.1, 0.15) is 0 Å². The molecule has 0 spiro atoms. The minimum absolute atomic E-state index is 0.208. The third kappa shape index (κ3) is 107. The van der Waals surface area contributed by atoms with Gasteiger partial charge in [-0.3, -0.25) is 0 Å². The van der Waals surface area contributed by atoms with E-state index < -0.39 is 0 Å². The molecule has 0 heterocycles. The lowest BCUT2D eigenvalue weighted by Crippen LogP contribution is -1.89. The van der Waals surface area contributed by atoms with Gasteiger partial charge in [-0.15, -0.1) is 0 Å². The monoisotopic (exact) mass is 104 g/mol. The Hall–Kier alpha value is -0.0800. The molecule has 1 radical (unpaired) electrons. The van der Waals surface area contributed by atoms with E-state index in [1.807, 2.05) is 14.1 Å². The van der Waals surface area contributed by atoms with Crippen molar-refractivity contribution < 1.29 is 5.11 Å². The summed E-state index contributed by atoms with van der Waals surface area (Å²) < 4.78 is 0. The highest BCUT2D eigenvalue weighted by Crippen LogP contribution is 1.60. The van der Waals surface area contributed by atoms with E-state index in [4.69, 9.17) is 5.11 Å². The van der Waals surface area contributed by atoms with E-state index in [0.717, 1.165) is 0 Å². The summed E-state index contributed by atoms with van der Waals surface area (Å²) in [7, 11) is 3.75. The van der Waals surface area contributed by atoms with Crippen molar-refractivity contribution in [1.29, 1.82) is 0 Å². The van der Waals surface area contributed by atoms with E-state index in [1.54, 1.807) is 0 Å². The predicted molar refractivity (Wildman–Crippen MR) is 32.0 cm³/mol. The highest BCUT2D eigenvalue weighted by molar-refractivity contribution is 4.28. The second kappa shape index (κ2) is 16.8. The number of hydrogen-bond acceptors (Lipinski definition) is 2. The molecule has 0 aromatic carbocycles. The largest absolute Gasteiger partial charge is 0.396 e. The Morgan fingerprint density at radius 2 is 1.71 bits per heavy atom. The van der Waals surface area contributed by atoms with E-state index in [1.165, 1.54) is 0 Å². The van der Waals surface area contributed by atoms with Crippen molar-refractivity contribution in [3.05, 3.63) is 6.92 Å². The van der Waals surface area contributed by atoms with Gasteiger partial charge in [-0.1, -0.05) is 6.92 Å². The molecule has 0 aliphatic carbocycles. The maximum absolute atomic E-state index is 7.81. The molecule has 0 aromatic rings. The molecule has 7 heavy (non-hydrogen) atoms. The van der Waals surface area contributed by atoms with Crippen LogP contribution in [0.15, 0.2) is 0 Å². The van der Waals surface area contributed by atoms with Gasteiger partial charge < -0.3 is 10.4 Å². The fourth-order valence-corrected chi connectivity index (χ4v) is 0. The van der Waals surface area contributed by atoms with Crippen molar-refractivity contribution in [2.75, 3.05) is 20.7 Å². The fraction of sp³-hybridized carbons (Fsp3) is 0.800. The zero-order valence-electron chi connectivity index (χ0n) is 5.07.